The molecule has 9 heteroatoms. The van der Waals surface area contributed by atoms with E-state index in [9.17, 15) is 14.7 Å². The number of fused-ring (bicyclic) bond motifs is 1. The lowest BCUT2D eigenvalue weighted by atomic mass is 9.90. The first kappa shape index (κ1) is 24.7. The van der Waals surface area contributed by atoms with Crippen molar-refractivity contribution in [1.29, 1.82) is 0 Å². The van der Waals surface area contributed by atoms with Crippen molar-refractivity contribution < 1.29 is 28.7 Å². The van der Waals surface area contributed by atoms with Gasteiger partial charge < -0.3 is 14.6 Å². The van der Waals surface area contributed by atoms with E-state index in [0.717, 1.165) is 5.22 Å². The summed E-state index contributed by atoms with van der Waals surface area (Å²) >= 11 is 1.30. The Balaban J connectivity index is 1.89. The molecule has 4 rings (SSSR count). The van der Waals surface area contributed by atoms with Gasteiger partial charge in [-0.2, -0.15) is 4.79 Å². The topological polar surface area (TPSA) is 102 Å². The van der Waals surface area contributed by atoms with E-state index in [1.165, 1.54) is 23.0 Å². The van der Waals surface area contributed by atoms with E-state index in [0.29, 0.717) is 27.2 Å². The maximum Gasteiger partial charge on any atom is 0.604 e. The zero-order valence-electron chi connectivity index (χ0n) is 20.3. The zero-order chi connectivity index (χ0) is 25.3. The Hall–Kier alpha value is -3.43. The number of hydrogen-bond donors (Lipinski definition) is 1. The van der Waals surface area contributed by atoms with E-state index in [-0.39, 0.29) is 0 Å². The van der Waals surface area contributed by atoms with Crippen LogP contribution in [0.25, 0.3) is 16.1 Å². The number of rotatable bonds is 5. The van der Waals surface area contributed by atoms with Gasteiger partial charge in [0.05, 0.1) is 35.4 Å². The summed E-state index contributed by atoms with van der Waals surface area (Å²) < 4.78 is 12.0. The molecule has 0 spiro atoms. The predicted molar refractivity (Wildman–Crippen MR) is 130 cm³/mol. The fourth-order valence-corrected chi connectivity index (χ4v) is 5.09. The molecule has 0 saturated heterocycles. The van der Waals surface area contributed by atoms with Crippen LogP contribution in [0.3, 0.4) is 0 Å². The van der Waals surface area contributed by atoms with Gasteiger partial charge in [-0.25, -0.2) is 0 Å². The number of aliphatic hydroxyl groups is 1. The highest BCUT2D eigenvalue weighted by Crippen LogP contribution is 2.33. The highest BCUT2D eigenvalue weighted by molar-refractivity contribution is 7.12. The molecule has 1 aliphatic rings. The Kier molecular flexibility index (Phi) is 6.82. The summed E-state index contributed by atoms with van der Waals surface area (Å²) in [5.41, 5.74) is 0.825. The number of aromatic nitrogens is 2. The summed E-state index contributed by atoms with van der Waals surface area (Å²) in [6.45, 7) is 7.07. The molecule has 0 fully saturated rings. The fourth-order valence-electron chi connectivity index (χ4n) is 4.08. The molecule has 35 heavy (non-hydrogen) atoms. The van der Waals surface area contributed by atoms with E-state index < -0.39 is 35.7 Å². The molecule has 182 valence electrons. The smallest absolute Gasteiger partial charge is 0.469 e. The van der Waals surface area contributed by atoms with Crippen molar-refractivity contribution in [2.24, 2.45) is 10.9 Å². The van der Waals surface area contributed by atoms with Crippen LogP contribution in [0.2, 0.25) is 0 Å². The quantitative estimate of drug-likeness (QED) is 0.432. The Morgan fingerprint density at radius 2 is 1.91 bits per heavy atom. The molecule has 0 amide bonds. The molecule has 0 radical (unpaired) electrons. The van der Waals surface area contributed by atoms with Crippen LogP contribution >= 0.6 is 11.3 Å². The molecule has 3 unspecified atom stereocenters. The standard InChI is InChI=1S/C26H28N3O5S/c1-15(24(31)33-5)21-20(17-10-6-7-11-18(17)28-21)22(30)19-14-35-23(16-9-8-12-27-13-16)29(19)25(32)34-26(2,3)4/h6-15,21-22,30H,1-5H3/q+1. The first-order valence-corrected chi connectivity index (χ1v) is 12.1. The molecule has 1 aromatic carbocycles. The number of thiazole rings is 1. The van der Waals surface area contributed by atoms with Crippen LogP contribution in [0.4, 0.5) is 4.79 Å². The highest BCUT2D eigenvalue weighted by atomic mass is 32.1. The number of carbonyl (C=O) groups is 2. The fraction of sp³-hybridized carbons (Fsp3) is 0.346. The van der Waals surface area contributed by atoms with Gasteiger partial charge >= 0.3 is 12.1 Å². The minimum absolute atomic E-state index is 0.326. The lowest BCUT2D eigenvalue weighted by Crippen LogP contribution is -2.50. The van der Waals surface area contributed by atoms with Crippen molar-refractivity contribution in [3.8, 4) is 10.6 Å². The summed E-state index contributed by atoms with van der Waals surface area (Å²) in [6, 6.07) is 10.4. The number of para-hydroxylation sites is 1. The van der Waals surface area contributed by atoms with E-state index in [1.54, 1.807) is 51.5 Å². The van der Waals surface area contributed by atoms with Gasteiger partial charge in [0.15, 0.2) is 6.10 Å². The van der Waals surface area contributed by atoms with Gasteiger partial charge in [-0.3, -0.25) is 14.8 Å². The summed E-state index contributed by atoms with van der Waals surface area (Å²) in [4.78, 5) is 34.7. The highest BCUT2D eigenvalue weighted by Gasteiger charge is 2.42. The van der Waals surface area contributed by atoms with E-state index in [2.05, 4.69) is 4.98 Å². The number of ether oxygens (including phenoxy) is 2. The van der Waals surface area contributed by atoms with Gasteiger partial charge in [-0.15, -0.1) is 0 Å². The van der Waals surface area contributed by atoms with Crippen LogP contribution in [-0.2, 0) is 14.3 Å². The number of pyridine rings is 1. The molecule has 2 aromatic heterocycles. The average Bonchev–Trinajstić information content (AvgIpc) is 3.44. The number of esters is 1. The second-order valence-electron chi connectivity index (χ2n) is 9.28. The first-order valence-electron chi connectivity index (χ1n) is 11.2. The van der Waals surface area contributed by atoms with Crippen molar-refractivity contribution in [2.75, 3.05) is 7.11 Å². The van der Waals surface area contributed by atoms with E-state index >= 15 is 0 Å². The number of hydrogen-bond acceptors (Lipinski definition) is 8. The SMILES string of the molecule is COC(=O)C(C)C1N=c2ccccc2=C1C(O)c1csc(-c2cccnc2)[n+]1C(=O)OC(C)(C)C. The Labute approximate surface area is 207 Å². The molecule has 1 N–H and O–H groups in total. The van der Waals surface area contributed by atoms with Gasteiger partial charge in [0.1, 0.15) is 5.60 Å². The largest absolute Gasteiger partial charge is 0.604 e. The number of carbonyl (C=O) groups excluding carboxylic acids is 2. The molecule has 0 aliphatic carbocycles. The maximum absolute atomic E-state index is 13.4. The van der Waals surface area contributed by atoms with Crippen molar-refractivity contribution in [2.45, 2.75) is 45.4 Å². The number of benzene rings is 1. The Morgan fingerprint density at radius 1 is 1.17 bits per heavy atom. The van der Waals surface area contributed by atoms with Crippen LogP contribution in [0, 0.1) is 5.92 Å². The van der Waals surface area contributed by atoms with Gasteiger partial charge in [0, 0.05) is 23.2 Å². The van der Waals surface area contributed by atoms with Crippen LogP contribution < -0.4 is 15.1 Å². The molecule has 0 bridgehead atoms. The van der Waals surface area contributed by atoms with Gasteiger partial charge in [-0.05, 0) is 45.9 Å². The minimum Gasteiger partial charge on any atom is -0.469 e. The lowest BCUT2D eigenvalue weighted by molar-refractivity contribution is -0.584. The second kappa shape index (κ2) is 9.67. The summed E-state index contributed by atoms with van der Waals surface area (Å²) in [5, 5.41) is 15.4. The first-order chi connectivity index (χ1) is 16.6. The average molecular weight is 495 g/mol. The van der Waals surface area contributed by atoms with Crippen LogP contribution in [0.1, 0.15) is 39.5 Å². The molecule has 3 atom stereocenters. The third-order valence-electron chi connectivity index (χ3n) is 5.67. The van der Waals surface area contributed by atoms with Crippen LogP contribution in [0.5, 0.6) is 0 Å². The molecule has 3 heterocycles. The Bertz CT molecular complexity index is 1380. The van der Waals surface area contributed by atoms with Gasteiger partial charge in [-0.1, -0.05) is 34.1 Å². The maximum atomic E-state index is 13.4. The third kappa shape index (κ3) is 4.87. The van der Waals surface area contributed by atoms with Gasteiger partial charge in [0.2, 0.25) is 5.69 Å². The van der Waals surface area contributed by atoms with Crippen LogP contribution in [0.15, 0.2) is 59.2 Å². The minimum atomic E-state index is -1.23. The monoisotopic (exact) mass is 494 g/mol. The Morgan fingerprint density at radius 3 is 2.57 bits per heavy atom. The molecular weight excluding hydrogens is 466 g/mol. The van der Waals surface area contributed by atoms with E-state index in [4.69, 9.17) is 14.5 Å². The summed E-state index contributed by atoms with van der Waals surface area (Å²) in [5.74, 6) is -1.07. The zero-order valence-corrected chi connectivity index (χ0v) is 21.1. The lowest BCUT2D eigenvalue weighted by Gasteiger charge is -2.21. The number of aliphatic hydroxyl groups excluding tert-OH is 1. The van der Waals surface area contributed by atoms with Crippen LogP contribution in [-0.4, -0.2) is 40.9 Å². The summed E-state index contributed by atoms with van der Waals surface area (Å²) in [6.07, 6.45) is 1.45. The molecule has 1 aliphatic heterocycles. The van der Waals surface area contributed by atoms with Crippen molar-refractivity contribution in [3.05, 3.63) is 70.4 Å². The molecule has 8 nitrogen and oxygen atoms in total. The van der Waals surface area contributed by atoms with Crippen molar-refractivity contribution >= 4 is 29.0 Å². The van der Waals surface area contributed by atoms with Gasteiger partial charge in [0.25, 0.3) is 5.01 Å². The number of nitrogens with zero attached hydrogens (tertiary/aromatic N) is 3. The molecule has 0 saturated carbocycles. The normalized spacial score (nSPS) is 16.7. The van der Waals surface area contributed by atoms with E-state index in [1.807, 2.05) is 30.3 Å². The number of methoxy groups -OCH3 is 1. The predicted octanol–water partition coefficient (Wildman–Crippen LogP) is 2.58. The molecular formula is C26H28N3O5S+. The second-order valence-corrected chi connectivity index (χ2v) is 10.1. The van der Waals surface area contributed by atoms with Crippen molar-refractivity contribution in [3.63, 3.8) is 0 Å². The van der Waals surface area contributed by atoms with Crippen molar-refractivity contribution in [1.82, 2.24) is 4.98 Å². The third-order valence-corrected chi connectivity index (χ3v) is 6.67. The molecule has 3 aromatic rings. The summed E-state index contributed by atoms with van der Waals surface area (Å²) in [7, 11) is 1.33.